The molecule has 0 unspecified atom stereocenters. The second-order valence-electron chi connectivity index (χ2n) is 10.5. The fourth-order valence-corrected chi connectivity index (χ4v) is 4.70. The highest BCUT2D eigenvalue weighted by atomic mass is 16.5. The summed E-state index contributed by atoms with van der Waals surface area (Å²) in [5.41, 5.74) is 4.04. The molecule has 0 aromatic heterocycles. The number of nitriles is 2. The highest BCUT2D eigenvalue weighted by molar-refractivity contribution is 5.93. The van der Waals surface area contributed by atoms with Gasteiger partial charge in [0.05, 0.1) is 50.7 Å². The summed E-state index contributed by atoms with van der Waals surface area (Å²) in [6.45, 7) is 5.47. The summed E-state index contributed by atoms with van der Waals surface area (Å²) < 4.78 is 23.3. The van der Waals surface area contributed by atoms with E-state index in [2.05, 4.69) is 26.0 Å². The van der Waals surface area contributed by atoms with Crippen molar-refractivity contribution in [2.75, 3.05) is 27.4 Å². The zero-order valence-corrected chi connectivity index (χ0v) is 26.5. The molecule has 0 saturated carbocycles. The van der Waals surface area contributed by atoms with Crippen LogP contribution in [0, 0.1) is 22.7 Å². The fourth-order valence-electron chi connectivity index (χ4n) is 4.70. The summed E-state index contributed by atoms with van der Waals surface area (Å²) in [5, 5.41) is 20.2. The molecule has 0 aliphatic heterocycles. The van der Waals surface area contributed by atoms with Gasteiger partial charge in [-0.3, -0.25) is 0 Å². The minimum atomic E-state index is 0.497. The van der Waals surface area contributed by atoms with E-state index in [4.69, 9.17) is 18.9 Å². The van der Waals surface area contributed by atoms with Crippen LogP contribution < -0.4 is 18.9 Å². The number of methoxy groups -OCH3 is 2. The molecule has 0 radical (unpaired) electrons. The number of allylic oxidation sites excluding steroid dienone is 2. The van der Waals surface area contributed by atoms with Gasteiger partial charge in [-0.15, -0.1) is 0 Å². The smallest absolute Gasteiger partial charge is 0.127 e. The molecule has 6 heteroatoms. The van der Waals surface area contributed by atoms with Crippen molar-refractivity contribution in [3.63, 3.8) is 0 Å². The Bertz CT molecular complexity index is 1350. The maximum Gasteiger partial charge on any atom is 0.127 e. The highest BCUT2D eigenvalue weighted by Gasteiger charge is 2.14. The Morgan fingerprint density at radius 2 is 0.977 bits per heavy atom. The Kier molecular flexibility index (Phi) is 14.4. The van der Waals surface area contributed by atoms with E-state index in [0.29, 0.717) is 35.9 Å². The minimum Gasteiger partial charge on any atom is -0.497 e. The minimum absolute atomic E-state index is 0.497. The number of hydrogen-bond acceptors (Lipinski definition) is 6. The molecular formula is C38H44N2O4. The van der Waals surface area contributed by atoms with Crippen molar-refractivity contribution in [2.24, 2.45) is 0 Å². The van der Waals surface area contributed by atoms with Crippen LogP contribution in [0.3, 0.4) is 0 Å². The summed E-state index contributed by atoms with van der Waals surface area (Å²) >= 11 is 0. The van der Waals surface area contributed by atoms with Gasteiger partial charge < -0.3 is 18.9 Å². The molecule has 0 heterocycles. The molecule has 3 aromatic carbocycles. The van der Waals surface area contributed by atoms with E-state index in [1.807, 2.05) is 72.8 Å². The highest BCUT2D eigenvalue weighted by Crippen LogP contribution is 2.35. The molecule has 0 aliphatic rings. The second kappa shape index (κ2) is 18.8. The van der Waals surface area contributed by atoms with E-state index in [1.165, 1.54) is 0 Å². The van der Waals surface area contributed by atoms with Crippen LogP contribution in [0.25, 0.3) is 23.3 Å². The predicted octanol–water partition coefficient (Wildman–Crippen LogP) is 9.75. The van der Waals surface area contributed by atoms with Gasteiger partial charge in [0.15, 0.2) is 0 Å². The van der Waals surface area contributed by atoms with Crippen molar-refractivity contribution in [2.45, 2.75) is 65.2 Å². The van der Waals surface area contributed by atoms with Crippen molar-refractivity contribution >= 4 is 23.3 Å². The maximum absolute atomic E-state index is 10.1. The van der Waals surface area contributed by atoms with E-state index in [-0.39, 0.29) is 0 Å². The van der Waals surface area contributed by atoms with Gasteiger partial charge in [0, 0.05) is 11.1 Å². The molecule has 0 spiro atoms. The summed E-state index contributed by atoms with van der Waals surface area (Å²) in [6, 6.07) is 23.4. The van der Waals surface area contributed by atoms with Crippen LogP contribution in [-0.2, 0) is 0 Å². The zero-order chi connectivity index (χ0) is 31.6. The molecule has 0 bridgehead atoms. The van der Waals surface area contributed by atoms with Crippen LogP contribution in [0.15, 0.2) is 60.7 Å². The summed E-state index contributed by atoms with van der Waals surface area (Å²) in [6.07, 6.45) is 12.3. The van der Waals surface area contributed by atoms with Gasteiger partial charge in [0.25, 0.3) is 0 Å². The Labute approximate surface area is 263 Å². The molecule has 0 saturated heterocycles. The molecule has 0 fully saturated rings. The third-order valence-corrected chi connectivity index (χ3v) is 7.30. The summed E-state index contributed by atoms with van der Waals surface area (Å²) in [4.78, 5) is 0. The maximum atomic E-state index is 10.1. The van der Waals surface area contributed by atoms with Gasteiger partial charge in [-0.25, -0.2) is 0 Å². The molecule has 0 aliphatic carbocycles. The first-order valence-corrected chi connectivity index (χ1v) is 15.5. The van der Waals surface area contributed by atoms with Gasteiger partial charge >= 0.3 is 0 Å². The van der Waals surface area contributed by atoms with Gasteiger partial charge in [0.1, 0.15) is 23.0 Å². The lowest BCUT2D eigenvalue weighted by Gasteiger charge is -2.16. The molecule has 3 aromatic rings. The third-order valence-electron chi connectivity index (χ3n) is 7.30. The Hall–Kier alpha value is -4.68. The van der Waals surface area contributed by atoms with Crippen molar-refractivity contribution in [1.29, 1.82) is 10.5 Å². The van der Waals surface area contributed by atoms with Crippen molar-refractivity contribution < 1.29 is 18.9 Å². The Morgan fingerprint density at radius 3 is 1.30 bits per heavy atom. The molecule has 3 rings (SSSR count). The first-order chi connectivity index (χ1) is 21.6. The molecular weight excluding hydrogens is 548 g/mol. The van der Waals surface area contributed by atoms with Gasteiger partial charge in [-0.05, 0) is 96.8 Å². The standard InChI is InChI=1S/C38H44N2O4/c1-5-7-9-11-21-43-37-25-32(24-34(28-40)30-15-19-36(42-4)20-16-30)38(44-22-12-10-8-6-2)26-31(37)23-33(27-39)29-13-17-35(41-3)18-14-29/h13-20,23-26H,5-12,21-22H2,1-4H3/b33-23-,34-24-. The van der Waals surface area contributed by atoms with Crippen molar-refractivity contribution in [1.82, 2.24) is 0 Å². The number of ether oxygens (including phenoxy) is 4. The van der Waals surface area contributed by atoms with Crippen molar-refractivity contribution in [3.8, 4) is 35.1 Å². The van der Waals surface area contributed by atoms with E-state index >= 15 is 0 Å². The largest absolute Gasteiger partial charge is 0.497 e. The average Bonchev–Trinajstić information content (AvgIpc) is 3.07. The SMILES string of the molecule is CCCCCCOc1cc(/C=C(/C#N)c2ccc(OC)cc2)c(OCCCCCC)cc1/C=C(/C#N)c1ccc(OC)cc1. The van der Waals surface area contributed by atoms with Crippen LogP contribution in [-0.4, -0.2) is 27.4 Å². The zero-order valence-electron chi connectivity index (χ0n) is 26.5. The lowest BCUT2D eigenvalue weighted by Crippen LogP contribution is -2.03. The van der Waals surface area contributed by atoms with Crippen LogP contribution in [0.2, 0.25) is 0 Å². The second-order valence-corrected chi connectivity index (χ2v) is 10.5. The monoisotopic (exact) mass is 592 g/mol. The van der Waals surface area contributed by atoms with Gasteiger partial charge in [-0.2, -0.15) is 10.5 Å². The number of rotatable bonds is 18. The molecule has 44 heavy (non-hydrogen) atoms. The third kappa shape index (κ3) is 10.2. The van der Waals surface area contributed by atoms with Crippen molar-refractivity contribution in [3.05, 3.63) is 82.9 Å². The average molecular weight is 593 g/mol. The van der Waals surface area contributed by atoms with Crippen LogP contribution in [0.1, 0.15) is 87.5 Å². The lowest BCUT2D eigenvalue weighted by molar-refractivity contribution is 0.296. The number of nitrogens with zero attached hydrogens (tertiary/aromatic N) is 2. The number of unbranched alkanes of at least 4 members (excludes halogenated alkanes) is 6. The lowest BCUT2D eigenvalue weighted by atomic mass is 9.99. The molecule has 230 valence electrons. The number of hydrogen-bond donors (Lipinski definition) is 0. The predicted molar refractivity (Wildman–Crippen MR) is 179 cm³/mol. The topological polar surface area (TPSA) is 84.5 Å². The normalized spacial score (nSPS) is 11.4. The summed E-state index contributed by atoms with van der Waals surface area (Å²) in [5.74, 6) is 2.73. The Morgan fingerprint density at radius 1 is 0.591 bits per heavy atom. The van der Waals surface area contributed by atoms with E-state index < -0.39 is 0 Å². The molecule has 0 amide bonds. The summed E-state index contributed by atoms with van der Waals surface area (Å²) in [7, 11) is 3.23. The van der Waals surface area contributed by atoms with Gasteiger partial charge in [0.2, 0.25) is 0 Å². The fraction of sp³-hybridized carbons (Fsp3) is 0.368. The quantitative estimate of drug-likeness (QED) is 0.0830. The van der Waals surface area contributed by atoms with E-state index in [1.54, 1.807) is 14.2 Å². The van der Waals surface area contributed by atoms with E-state index in [9.17, 15) is 10.5 Å². The van der Waals surface area contributed by atoms with Crippen LogP contribution >= 0.6 is 0 Å². The Balaban J connectivity index is 2.11. The first-order valence-electron chi connectivity index (χ1n) is 15.5. The van der Waals surface area contributed by atoms with Crippen LogP contribution in [0.5, 0.6) is 23.0 Å². The van der Waals surface area contributed by atoms with E-state index in [0.717, 1.165) is 85.1 Å². The molecule has 0 N–H and O–H groups in total. The van der Waals surface area contributed by atoms with Crippen LogP contribution in [0.4, 0.5) is 0 Å². The molecule has 6 nitrogen and oxygen atoms in total. The number of benzene rings is 3. The van der Waals surface area contributed by atoms with Gasteiger partial charge in [-0.1, -0.05) is 52.4 Å². The first kappa shape index (κ1) is 33.8. The molecule has 0 atom stereocenters.